The normalized spacial score (nSPS) is 10.6. The minimum atomic E-state index is -0.0176. The molecule has 0 radical (unpaired) electrons. The van der Waals surface area contributed by atoms with Gasteiger partial charge in [0.1, 0.15) is 0 Å². The van der Waals surface area contributed by atoms with Gasteiger partial charge in [-0.1, -0.05) is 18.2 Å². The predicted octanol–water partition coefficient (Wildman–Crippen LogP) is 2.76. The molecule has 0 atom stereocenters. The third-order valence-corrected chi connectivity index (χ3v) is 3.22. The molecule has 0 aliphatic carbocycles. The van der Waals surface area contributed by atoms with E-state index < -0.39 is 0 Å². The van der Waals surface area contributed by atoms with Gasteiger partial charge in [-0.25, -0.2) is 3.59 Å². The molecule has 1 aromatic carbocycles. The monoisotopic (exact) mass is 349 g/mol. The van der Waals surface area contributed by atoms with Gasteiger partial charge in [-0.15, -0.1) is 0 Å². The van der Waals surface area contributed by atoms with Gasteiger partial charge in [0.25, 0.3) is 5.56 Å². The molecule has 0 unspecified atom stereocenters. The van der Waals surface area contributed by atoms with Crippen LogP contribution < -0.4 is 5.56 Å². The van der Waals surface area contributed by atoms with E-state index in [0.717, 1.165) is 14.3 Å². The Hall–Kier alpha value is -0.360. The average Bonchev–Trinajstić information content (AvgIpc) is 2.15. The lowest BCUT2D eigenvalue weighted by atomic mass is 10.2. The second kappa shape index (κ2) is 3.42. The highest BCUT2D eigenvalue weighted by Crippen LogP contribution is 2.17. The SMILES string of the molecule is O=c1c2ccccc2c(I)cn1Br. The van der Waals surface area contributed by atoms with Crippen LogP contribution in [-0.4, -0.2) is 3.59 Å². The molecule has 0 aliphatic heterocycles. The summed E-state index contributed by atoms with van der Waals surface area (Å²) in [6.07, 6.45) is 1.77. The first-order valence-electron chi connectivity index (χ1n) is 3.66. The lowest BCUT2D eigenvalue weighted by molar-refractivity contribution is 1.19. The minimum absolute atomic E-state index is 0.0176. The Morgan fingerprint density at radius 2 is 1.85 bits per heavy atom. The van der Waals surface area contributed by atoms with Crippen LogP contribution in [0.5, 0.6) is 0 Å². The molecule has 0 bridgehead atoms. The minimum Gasteiger partial charge on any atom is -0.268 e. The standard InChI is InChI=1S/C9H5BrINO/c10-12-5-8(11)6-3-1-2-4-7(6)9(12)13/h1-5H. The number of rotatable bonds is 0. The van der Waals surface area contributed by atoms with Crippen molar-refractivity contribution in [3.63, 3.8) is 0 Å². The molecule has 0 N–H and O–H groups in total. The van der Waals surface area contributed by atoms with E-state index in [9.17, 15) is 4.79 Å². The summed E-state index contributed by atoms with van der Waals surface area (Å²) in [5, 5.41) is 1.75. The Bertz CT molecular complexity index is 520. The van der Waals surface area contributed by atoms with Crippen LogP contribution in [0.3, 0.4) is 0 Å². The smallest absolute Gasteiger partial charge is 0.268 e. The number of hydrogen-bond donors (Lipinski definition) is 0. The van der Waals surface area contributed by atoms with E-state index in [0.29, 0.717) is 0 Å². The maximum Gasteiger partial charge on any atom is 0.268 e. The molecule has 2 nitrogen and oxygen atoms in total. The lowest BCUT2D eigenvalue weighted by Gasteiger charge is -2.01. The lowest BCUT2D eigenvalue weighted by Crippen LogP contribution is -2.12. The van der Waals surface area contributed by atoms with Crippen molar-refractivity contribution in [1.29, 1.82) is 0 Å². The Morgan fingerprint density at radius 3 is 2.54 bits per heavy atom. The van der Waals surface area contributed by atoms with E-state index in [-0.39, 0.29) is 5.56 Å². The van der Waals surface area contributed by atoms with Crippen molar-refractivity contribution in [2.45, 2.75) is 0 Å². The first-order valence-corrected chi connectivity index (χ1v) is 5.45. The van der Waals surface area contributed by atoms with E-state index in [1.54, 1.807) is 6.20 Å². The van der Waals surface area contributed by atoms with Gasteiger partial charge in [0.05, 0.1) is 16.1 Å². The molecule has 0 aliphatic rings. The highest BCUT2D eigenvalue weighted by atomic mass is 127. The first kappa shape index (κ1) is 9.21. The Labute approximate surface area is 97.0 Å². The summed E-state index contributed by atoms with van der Waals surface area (Å²) >= 11 is 5.38. The van der Waals surface area contributed by atoms with Crippen molar-refractivity contribution in [2.75, 3.05) is 0 Å². The number of fused-ring (bicyclic) bond motifs is 1. The number of benzene rings is 1. The summed E-state index contributed by atoms with van der Waals surface area (Å²) in [4.78, 5) is 11.6. The van der Waals surface area contributed by atoms with Gasteiger partial charge in [-0.05, 0) is 28.7 Å². The van der Waals surface area contributed by atoms with E-state index >= 15 is 0 Å². The largest absolute Gasteiger partial charge is 0.268 e. The van der Waals surface area contributed by atoms with Crippen molar-refractivity contribution in [1.82, 2.24) is 3.59 Å². The molecule has 1 aromatic heterocycles. The number of pyridine rings is 1. The fraction of sp³-hybridized carbons (Fsp3) is 0. The van der Waals surface area contributed by atoms with Crippen LogP contribution in [0.2, 0.25) is 0 Å². The summed E-state index contributed by atoms with van der Waals surface area (Å²) in [6.45, 7) is 0. The summed E-state index contributed by atoms with van der Waals surface area (Å²) in [6, 6.07) is 7.58. The van der Waals surface area contributed by atoms with Crippen LogP contribution in [-0.2, 0) is 0 Å². The Balaban J connectivity index is 3.06. The number of hydrogen-bond acceptors (Lipinski definition) is 1. The molecule has 2 aromatic rings. The quantitative estimate of drug-likeness (QED) is 0.670. The molecular formula is C9H5BrINO. The van der Waals surface area contributed by atoms with E-state index in [1.807, 2.05) is 24.3 Å². The molecule has 0 amide bonds. The fourth-order valence-electron chi connectivity index (χ4n) is 1.22. The van der Waals surface area contributed by atoms with Gasteiger partial charge < -0.3 is 0 Å². The number of aromatic nitrogens is 1. The number of nitrogens with zero attached hydrogens (tertiary/aromatic N) is 1. The molecule has 13 heavy (non-hydrogen) atoms. The topological polar surface area (TPSA) is 22.0 Å². The molecule has 0 saturated heterocycles. The van der Waals surface area contributed by atoms with E-state index in [2.05, 4.69) is 38.7 Å². The maximum absolute atomic E-state index is 11.6. The summed E-state index contributed by atoms with van der Waals surface area (Å²) in [7, 11) is 0. The van der Waals surface area contributed by atoms with Gasteiger partial charge in [0.2, 0.25) is 0 Å². The van der Waals surface area contributed by atoms with Crippen LogP contribution in [0.4, 0.5) is 0 Å². The first-order chi connectivity index (χ1) is 6.20. The third-order valence-electron chi connectivity index (χ3n) is 1.84. The highest BCUT2D eigenvalue weighted by Gasteiger charge is 2.03. The van der Waals surface area contributed by atoms with Gasteiger partial charge in [0, 0.05) is 20.5 Å². The zero-order valence-corrected chi connectivity index (χ0v) is 10.2. The second-order valence-corrected chi connectivity index (χ2v) is 4.57. The second-order valence-electron chi connectivity index (χ2n) is 2.64. The molecule has 1 heterocycles. The Kier molecular flexibility index (Phi) is 2.42. The zero-order valence-electron chi connectivity index (χ0n) is 6.50. The van der Waals surface area contributed by atoms with Crippen molar-refractivity contribution in [2.24, 2.45) is 0 Å². The molecular weight excluding hydrogens is 345 g/mol. The summed E-state index contributed by atoms with van der Waals surface area (Å²) in [5.41, 5.74) is -0.0176. The fourth-order valence-corrected chi connectivity index (χ4v) is 2.75. The highest BCUT2D eigenvalue weighted by molar-refractivity contribution is 14.1. The molecule has 0 fully saturated rings. The van der Waals surface area contributed by atoms with E-state index in [4.69, 9.17) is 0 Å². The van der Waals surface area contributed by atoms with Gasteiger partial charge in [-0.3, -0.25) is 4.79 Å². The molecule has 0 spiro atoms. The van der Waals surface area contributed by atoms with Gasteiger partial charge in [0.15, 0.2) is 0 Å². The van der Waals surface area contributed by atoms with Gasteiger partial charge in [-0.2, -0.15) is 0 Å². The van der Waals surface area contributed by atoms with E-state index in [1.165, 1.54) is 3.59 Å². The molecule has 66 valence electrons. The van der Waals surface area contributed by atoms with Crippen LogP contribution in [0.25, 0.3) is 10.8 Å². The van der Waals surface area contributed by atoms with Crippen LogP contribution in [0.15, 0.2) is 35.3 Å². The van der Waals surface area contributed by atoms with Crippen molar-refractivity contribution < 1.29 is 0 Å². The zero-order chi connectivity index (χ0) is 9.42. The molecule has 4 heteroatoms. The molecule has 2 rings (SSSR count). The predicted molar refractivity (Wildman–Crippen MR) is 65.3 cm³/mol. The summed E-state index contributed by atoms with van der Waals surface area (Å²) in [5.74, 6) is 0. The van der Waals surface area contributed by atoms with Crippen LogP contribution >= 0.6 is 38.7 Å². The van der Waals surface area contributed by atoms with Crippen molar-refractivity contribution in [3.8, 4) is 0 Å². The molecule has 0 saturated carbocycles. The van der Waals surface area contributed by atoms with Crippen LogP contribution in [0.1, 0.15) is 0 Å². The number of halogens is 2. The van der Waals surface area contributed by atoms with Gasteiger partial charge >= 0.3 is 0 Å². The average molecular weight is 350 g/mol. The third kappa shape index (κ3) is 1.52. The van der Waals surface area contributed by atoms with Crippen molar-refractivity contribution in [3.05, 3.63) is 44.4 Å². The van der Waals surface area contributed by atoms with Crippen LogP contribution in [0, 0.1) is 3.57 Å². The maximum atomic E-state index is 11.6. The van der Waals surface area contributed by atoms with Crippen molar-refractivity contribution >= 4 is 49.5 Å². The summed E-state index contributed by atoms with van der Waals surface area (Å²) < 4.78 is 2.49. The Morgan fingerprint density at radius 1 is 1.23 bits per heavy atom.